The summed E-state index contributed by atoms with van der Waals surface area (Å²) in [5, 5.41) is 13.2. The molecule has 0 saturated carbocycles. The molecule has 122 valence electrons. The number of aryl methyl sites for hydroxylation is 1. The van der Waals surface area contributed by atoms with Crippen molar-refractivity contribution >= 4 is 22.9 Å². The normalized spacial score (nSPS) is 10.5. The Balaban J connectivity index is 2.33. The van der Waals surface area contributed by atoms with Gasteiger partial charge in [0.25, 0.3) is 11.6 Å². The van der Waals surface area contributed by atoms with E-state index in [1.165, 1.54) is 6.07 Å². The van der Waals surface area contributed by atoms with Crippen molar-refractivity contribution in [3.63, 3.8) is 0 Å². The Morgan fingerprint density at radius 3 is 2.74 bits per heavy atom. The number of carbonyl (C=O) groups excluding carboxylic acids is 1. The lowest BCUT2D eigenvalue weighted by Gasteiger charge is -2.22. The summed E-state index contributed by atoms with van der Waals surface area (Å²) in [5.41, 5.74) is 0.456. The smallest absolute Gasteiger partial charge is 0.285 e. The van der Waals surface area contributed by atoms with Crippen LogP contribution in [0.5, 0.6) is 0 Å². The summed E-state index contributed by atoms with van der Waals surface area (Å²) in [6.07, 6.45) is 0. The monoisotopic (exact) mass is 334 g/mol. The molecule has 0 bridgehead atoms. The van der Waals surface area contributed by atoms with E-state index in [1.54, 1.807) is 42.4 Å². The zero-order chi connectivity index (χ0) is 16.8. The van der Waals surface area contributed by atoms with Gasteiger partial charge in [-0.1, -0.05) is 18.2 Å². The number of amides is 1. The third kappa shape index (κ3) is 4.14. The summed E-state index contributed by atoms with van der Waals surface area (Å²) in [5.74, 6) is -0.356. The minimum Gasteiger partial charge on any atom is -0.383 e. The van der Waals surface area contributed by atoms with E-state index < -0.39 is 4.92 Å². The number of nitro groups is 1. The number of benzene rings is 1. The summed E-state index contributed by atoms with van der Waals surface area (Å²) in [7, 11) is 1.56. The van der Waals surface area contributed by atoms with Gasteiger partial charge in [-0.25, -0.2) is 0 Å². The van der Waals surface area contributed by atoms with Crippen LogP contribution in [0.3, 0.4) is 0 Å². The standard InChI is InChI=1S/C16H18N2O4S/c1-12-5-3-7-14(15(12)18(20)21)16(19)17(8-9-22-2)11-13-6-4-10-23-13/h3-7,10H,8-9,11H2,1-2H3. The fourth-order valence-electron chi connectivity index (χ4n) is 2.29. The van der Waals surface area contributed by atoms with Crippen LogP contribution in [0, 0.1) is 17.0 Å². The highest BCUT2D eigenvalue weighted by Gasteiger charge is 2.26. The minimum atomic E-state index is -0.498. The van der Waals surface area contributed by atoms with Gasteiger partial charge >= 0.3 is 0 Å². The Kier molecular flexibility index (Phi) is 5.84. The molecule has 0 radical (unpaired) electrons. The highest BCUT2D eigenvalue weighted by molar-refractivity contribution is 7.09. The summed E-state index contributed by atoms with van der Waals surface area (Å²) >= 11 is 1.54. The molecular weight excluding hydrogens is 316 g/mol. The molecule has 0 atom stereocenters. The first-order valence-electron chi connectivity index (χ1n) is 7.09. The van der Waals surface area contributed by atoms with Crippen LogP contribution >= 0.6 is 11.3 Å². The van der Waals surface area contributed by atoms with Crippen molar-refractivity contribution in [2.24, 2.45) is 0 Å². The molecule has 1 amide bonds. The molecule has 0 spiro atoms. The maximum Gasteiger partial charge on any atom is 0.285 e. The van der Waals surface area contributed by atoms with Crippen LogP contribution in [0.1, 0.15) is 20.8 Å². The third-order valence-corrected chi connectivity index (χ3v) is 4.29. The lowest BCUT2D eigenvalue weighted by atomic mass is 10.1. The van der Waals surface area contributed by atoms with Crippen LogP contribution in [0.4, 0.5) is 5.69 Å². The van der Waals surface area contributed by atoms with E-state index >= 15 is 0 Å². The first-order valence-corrected chi connectivity index (χ1v) is 7.97. The van der Waals surface area contributed by atoms with Gasteiger partial charge in [-0.2, -0.15) is 0 Å². The number of nitro benzene ring substituents is 1. The van der Waals surface area contributed by atoms with Crippen molar-refractivity contribution in [1.82, 2.24) is 4.90 Å². The number of hydrogen-bond acceptors (Lipinski definition) is 5. The van der Waals surface area contributed by atoms with Gasteiger partial charge in [-0.05, 0) is 24.4 Å². The van der Waals surface area contributed by atoms with E-state index in [0.29, 0.717) is 25.3 Å². The largest absolute Gasteiger partial charge is 0.383 e. The van der Waals surface area contributed by atoms with E-state index in [0.717, 1.165) is 4.88 Å². The molecule has 6 nitrogen and oxygen atoms in total. The molecule has 0 fully saturated rings. The minimum absolute atomic E-state index is 0.114. The Labute approximate surface area is 138 Å². The van der Waals surface area contributed by atoms with Gasteiger partial charge in [-0.3, -0.25) is 14.9 Å². The molecule has 0 N–H and O–H groups in total. The van der Waals surface area contributed by atoms with E-state index in [2.05, 4.69) is 0 Å². The van der Waals surface area contributed by atoms with Crippen LogP contribution in [-0.2, 0) is 11.3 Å². The molecule has 1 heterocycles. The molecule has 0 unspecified atom stereocenters. The Hall–Kier alpha value is -2.25. The Morgan fingerprint density at radius 1 is 1.35 bits per heavy atom. The zero-order valence-electron chi connectivity index (χ0n) is 13.0. The third-order valence-electron chi connectivity index (χ3n) is 3.43. The highest BCUT2D eigenvalue weighted by Crippen LogP contribution is 2.25. The van der Waals surface area contributed by atoms with E-state index in [-0.39, 0.29) is 17.2 Å². The Bertz CT molecular complexity index is 685. The highest BCUT2D eigenvalue weighted by atomic mass is 32.1. The predicted molar refractivity (Wildman–Crippen MR) is 88.8 cm³/mol. The fraction of sp³-hybridized carbons (Fsp3) is 0.312. The molecule has 1 aromatic heterocycles. The number of thiophene rings is 1. The molecule has 7 heteroatoms. The lowest BCUT2D eigenvalue weighted by molar-refractivity contribution is -0.385. The van der Waals surface area contributed by atoms with Gasteiger partial charge in [-0.15, -0.1) is 11.3 Å². The Morgan fingerprint density at radius 2 is 2.13 bits per heavy atom. The lowest BCUT2D eigenvalue weighted by Crippen LogP contribution is -2.33. The second kappa shape index (κ2) is 7.85. The second-order valence-corrected chi connectivity index (χ2v) is 6.06. The SMILES string of the molecule is COCCN(Cc1cccs1)C(=O)c1cccc(C)c1[N+](=O)[O-]. The van der Waals surface area contributed by atoms with Gasteiger partial charge in [0.1, 0.15) is 5.56 Å². The summed E-state index contributed by atoms with van der Waals surface area (Å²) in [4.78, 5) is 26.2. The molecule has 0 saturated heterocycles. The van der Waals surface area contributed by atoms with Gasteiger partial charge in [0.2, 0.25) is 0 Å². The van der Waals surface area contributed by atoms with E-state index in [4.69, 9.17) is 4.74 Å². The molecule has 0 aliphatic rings. The van der Waals surface area contributed by atoms with Crippen molar-refractivity contribution in [3.05, 3.63) is 61.8 Å². The van der Waals surface area contributed by atoms with Gasteiger partial charge < -0.3 is 9.64 Å². The fourth-order valence-corrected chi connectivity index (χ4v) is 3.01. The summed E-state index contributed by atoms with van der Waals surface area (Å²) in [6.45, 7) is 2.79. The molecule has 2 aromatic rings. The molecule has 0 aliphatic carbocycles. The number of nitrogens with zero attached hydrogens (tertiary/aromatic N) is 2. The average Bonchev–Trinajstić information content (AvgIpc) is 3.03. The van der Waals surface area contributed by atoms with Crippen molar-refractivity contribution < 1.29 is 14.5 Å². The maximum atomic E-state index is 12.8. The average molecular weight is 334 g/mol. The van der Waals surface area contributed by atoms with Crippen LogP contribution in [-0.4, -0.2) is 36.0 Å². The second-order valence-electron chi connectivity index (χ2n) is 5.03. The van der Waals surface area contributed by atoms with Gasteiger partial charge in [0, 0.05) is 24.1 Å². The van der Waals surface area contributed by atoms with E-state index in [1.807, 2.05) is 17.5 Å². The van der Waals surface area contributed by atoms with Crippen LogP contribution in [0.2, 0.25) is 0 Å². The van der Waals surface area contributed by atoms with Crippen molar-refractivity contribution in [1.29, 1.82) is 0 Å². The first-order chi connectivity index (χ1) is 11.0. The van der Waals surface area contributed by atoms with Crippen molar-refractivity contribution in [3.8, 4) is 0 Å². The topological polar surface area (TPSA) is 72.7 Å². The molecular formula is C16H18N2O4S. The van der Waals surface area contributed by atoms with Gasteiger partial charge in [0.05, 0.1) is 18.1 Å². The predicted octanol–water partition coefficient (Wildman–Crippen LogP) is 3.25. The molecule has 2 rings (SSSR count). The number of rotatable bonds is 7. The van der Waals surface area contributed by atoms with E-state index in [9.17, 15) is 14.9 Å². The maximum absolute atomic E-state index is 12.8. The summed E-state index contributed by atoms with van der Waals surface area (Å²) in [6, 6.07) is 8.64. The van der Waals surface area contributed by atoms with Crippen LogP contribution in [0.25, 0.3) is 0 Å². The number of methoxy groups -OCH3 is 1. The molecule has 0 aliphatic heterocycles. The molecule has 1 aromatic carbocycles. The number of hydrogen-bond donors (Lipinski definition) is 0. The number of carbonyl (C=O) groups is 1. The van der Waals surface area contributed by atoms with Crippen LogP contribution < -0.4 is 0 Å². The van der Waals surface area contributed by atoms with Crippen molar-refractivity contribution in [2.45, 2.75) is 13.5 Å². The van der Waals surface area contributed by atoms with Gasteiger partial charge in [0.15, 0.2) is 0 Å². The zero-order valence-corrected chi connectivity index (χ0v) is 13.8. The molecule has 23 heavy (non-hydrogen) atoms. The van der Waals surface area contributed by atoms with Crippen LogP contribution in [0.15, 0.2) is 35.7 Å². The summed E-state index contributed by atoms with van der Waals surface area (Å²) < 4.78 is 5.05. The first kappa shape index (κ1) is 17.1. The number of ether oxygens (including phenoxy) is 1. The quantitative estimate of drug-likeness (QED) is 0.575. The van der Waals surface area contributed by atoms with Crippen molar-refractivity contribution in [2.75, 3.05) is 20.3 Å². The number of para-hydroxylation sites is 1.